The summed E-state index contributed by atoms with van der Waals surface area (Å²) in [7, 11) is 0. The van der Waals surface area contributed by atoms with Crippen molar-refractivity contribution in [3.05, 3.63) is 29.8 Å². The van der Waals surface area contributed by atoms with Crippen LogP contribution < -0.4 is 10.6 Å². The first-order valence-corrected chi connectivity index (χ1v) is 7.33. The molecule has 0 amide bonds. The van der Waals surface area contributed by atoms with Gasteiger partial charge in [0.2, 0.25) is 0 Å². The maximum atomic E-state index is 4.64. The molecule has 1 saturated heterocycles. The van der Waals surface area contributed by atoms with Crippen molar-refractivity contribution in [1.82, 2.24) is 25.3 Å². The lowest BCUT2D eigenvalue weighted by molar-refractivity contribution is 0.478. The van der Waals surface area contributed by atoms with E-state index in [0.29, 0.717) is 17.6 Å². The van der Waals surface area contributed by atoms with Gasteiger partial charge in [-0.05, 0) is 33.2 Å². The van der Waals surface area contributed by atoms with Gasteiger partial charge in [-0.25, -0.2) is 15.0 Å². The standard InChI is InChI=1S/C15H20N6/c1-10-11(2)19-15(13-9-17-6-7-18-13)21-14(10)20-12-4-3-5-16-8-12/h6-7,9,12,16H,3-5,8H2,1-2H3,(H,19,20,21). The number of hydrogen-bond donors (Lipinski definition) is 2. The van der Waals surface area contributed by atoms with Crippen LogP contribution in [0.25, 0.3) is 11.5 Å². The minimum absolute atomic E-state index is 0.418. The fourth-order valence-electron chi connectivity index (χ4n) is 2.47. The summed E-state index contributed by atoms with van der Waals surface area (Å²) in [5.41, 5.74) is 2.76. The monoisotopic (exact) mass is 284 g/mol. The van der Waals surface area contributed by atoms with Crippen LogP contribution in [0.3, 0.4) is 0 Å². The smallest absolute Gasteiger partial charge is 0.182 e. The molecule has 0 bridgehead atoms. The molecule has 6 heteroatoms. The van der Waals surface area contributed by atoms with Crippen LogP contribution in [0.1, 0.15) is 24.1 Å². The Labute approximate surface area is 124 Å². The van der Waals surface area contributed by atoms with Gasteiger partial charge in [0.25, 0.3) is 0 Å². The predicted octanol–water partition coefficient (Wildman–Crippen LogP) is 1.71. The number of rotatable bonds is 3. The van der Waals surface area contributed by atoms with Gasteiger partial charge in [0.1, 0.15) is 11.5 Å². The van der Waals surface area contributed by atoms with Crippen molar-refractivity contribution >= 4 is 5.82 Å². The van der Waals surface area contributed by atoms with Crippen molar-refractivity contribution in [2.24, 2.45) is 0 Å². The zero-order valence-electron chi connectivity index (χ0n) is 12.4. The molecule has 0 radical (unpaired) electrons. The molecule has 21 heavy (non-hydrogen) atoms. The number of nitrogens with zero attached hydrogens (tertiary/aromatic N) is 4. The zero-order valence-corrected chi connectivity index (χ0v) is 12.4. The molecular formula is C15H20N6. The molecule has 3 rings (SSSR count). The van der Waals surface area contributed by atoms with Crippen LogP contribution in [0.5, 0.6) is 0 Å². The molecule has 0 spiro atoms. The van der Waals surface area contributed by atoms with E-state index >= 15 is 0 Å². The first kappa shape index (κ1) is 13.9. The van der Waals surface area contributed by atoms with Gasteiger partial charge in [0.15, 0.2) is 5.82 Å². The highest BCUT2D eigenvalue weighted by Crippen LogP contribution is 2.21. The number of anilines is 1. The summed E-state index contributed by atoms with van der Waals surface area (Å²) in [5.74, 6) is 1.52. The highest BCUT2D eigenvalue weighted by molar-refractivity contribution is 5.55. The summed E-state index contributed by atoms with van der Waals surface area (Å²) in [4.78, 5) is 17.5. The molecule has 0 aromatic carbocycles. The van der Waals surface area contributed by atoms with Gasteiger partial charge in [0.05, 0.1) is 6.20 Å². The quantitative estimate of drug-likeness (QED) is 0.893. The normalized spacial score (nSPS) is 18.5. The summed E-state index contributed by atoms with van der Waals surface area (Å²) in [6.45, 7) is 6.13. The van der Waals surface area contributed by atoms with Crippen molar-refractivity contribution in [3.8, 4) is 11.5 Å². The molecule has 1 aliphatic heterocycles. The van der Waals surface area contributed by atoms with Crippen LogP contribution in [-0.4, -0.2) is 39.1 Å². The van der Waals surface area contributed by atoms with Crippen molar-refractivity contribution in [2.45, 2.75) is 32.7 Å². The first-order chi connectivity index (χ1) is 10.2. The second-order valence-electron chi connectivity index (χ2n) is 5.38. The SMILES string of the molecule is Cc1nc(-c2cnccn2)nc(NC2CCCNC2)c1C. The molecule has 1 aliphatic rings. The summed E-state index contributed by atoms with van der Waals surface area (Å²) >= 11 is 0. The number of piperidine rings is 1. The largest absolute Gasteiger partial charge is 0.366 e. The third-order valence-corrected chi connectivity index (χ3v) is 3.82. The van der Waals surface area contributed by atoms with E-state index in [2.05, 4.69) is 30.6 Å². The van der Waals surface area contributed by atoms with E-state index < -0.39 is 0 Å². The Morgan fingerprint density at radius 1 is 1.24 bits per heavy atom. The van der Waals surface area contributed by atoms with Gasteiger partial charge in [-0.3, -0.25) is 4.98 Å². The van der Waals surface area contributed by atoms with Gasteiger partial charge in [-0.2, -0.15) is 0 Å². The lowest BCUT2D eigenvalue weighted by Crippen LogP contribution is -2.38. The van der Waals surface area contributed by atoms with Crippen LogP contribution in [0.15, 0.2) is 18.6 Å². The van der Waals surface area contributed by atoms with Gasteiger partial charge >= 0.3 is 0 Å². The Balaban J connectivity index is 1.90. The third-order valence-electron chi connectivity index (χ3n) is 3.82. The molecule has 0 saturated carbocycles. The van der Waals surface area contributed by atoms with Crippen LogP contribution in [0.4, 0.5) is 5.82 Å². The van der Waals surface area contributed by atoms with Crippen LogP contribution in [-0.2, 0) is 0 Å². The van der Waals surface area contributed by atoms with E-state index in [-0.39, 0.29) is 0 Å². The van der Waals surface area contributed by atoms with Crippen molar-refractivity contribution in [2.75, 3.05) is 18.4 Å². The average molecular weight is 284 g/mol. The fourth-order valence-corrected chi connectivity index (χ4v) is 2.47. The number of nitrogens with one attached hydrogen (secondary N) is 2. The molecule has 6 nitrogen and oxygen atoms in total. The van der Waals surface area contributed by atoms with E-state index in [9.17, 15) is 0 Å². The van der Waals surface area contributed by atoms with Crippen LogP contribution in [0.2, 0.25) is 0 Å². The van der Waals surface area contributed by atoms with Gasteiger partial charge in [-0.1, -0.05) is 0 Å². The average Bonchev–Trinajstić information content (AvgIpc) is 2.53. The van der Waals surface area contributed by atoms with Crippen molar-refractivity contribution < 1.29 is 0 Å². The maximum absolute atomic E-state index is 4.64. The minimum Gasteiger partial charge on any atom is -0.366 e. The predicted molar refractivity (Wildman–Crippen MR) is 82.0 cm³/mol. The fraction of sp³-hybridized carbons (Fsp3) is 0.467. The second-order valence-corrected chi connectivity index (χ2v) is 5.38. The molecule has 1 fully saturated rings. The summed E-state index contributed by atoms with van der Waals surface area (Å²) in [5, 5.41) is 6.95. The molecule has 2 aromatic rings. The van der Waals surface area contributed by atoms with E-state index in [4.69, 9.17) is 0 Å². The van der Waals surface area contributed by atoms with Gasteiger partial charge in [-0.15, -0.1) is 0 Å². The van der Waals surface area contributed by atoms with E-state index in [1.165, 1.54) is 6.42 Å². The molecule has 110 valence electrons. The van der Waals surface area contributed by atoms with Gasteiger partial charge in [0, 0.05) is 36.2 Å². The van der Waals surface area contributed by atoms with Gasteiger partial charge < -0.3 is 10.6 Å². The summed E-state index contributed by atoms with van der Waals surface area (Å²) in [6, 6.07) is 0.418. The van der Waals surface area contributed by atoms with E-state index in [0.717, 1.165) is 36.6 Å². The van der Waals surface area contributed by atoms with Crippen LogP contribution >= 0.6 is 0 Å². The molecule has 1 atom stereocenters. The summed E-state index contributed by atoms with van der Waals surface area (Å²) in [6.07, 6.45) is 7.35. The van der Waals surface area contributed by atoms with Crippen LogP contribution in [0, 0.1) is 13.8 Å². The maximum Gasteiger partial charge on any atom is 0.182 e. The second kappa shape index (κ2) is 6.13. The topological polar surface area (TPSA) is 75.6 Å². The number of hydrogen-bond acceptors (Lipinski definition) is 6. The lowest BCUT2D eigenvalue weighted by atomic mass is 10.1. The Hall–Kier alpha value is -2.08. The third kappa shape index (κ3) is 3.16. The van der Waals surface area contributed by atoms with E-state index in [1.54, 1.807) is 18.6 Å². The highest BCUT2D eigenvalue weighted by atomic mass is 15.1. The Morgan fingerprint density at radius 3 is 2.86 bits per heavy atom. The zero-order chi connectivity index (χ0) is 14.7. The molecule has 1 unspecified atom stereocenters. The Kier molecular flexibility index (Phi) is 4.06. The number of aromatic nitrogens is 4. The summed E-state index contributed by atoms with van der Waals surface area (Å²) < 4.78 is 0. The molecular weight excluding hydrogens is 264 g/mol. The molecule has 2 aromatic heterocycles. The molecule has 3 heterocycles. The first-order valence-electron chi connectivity index (χ1n) is 7.33. The Morgan fingerprint density at radius 2 is 2.14 bits per heavy atom. The van der Waals surface area contributed by atoms with E-state index in [1.807, 2.05) is 13.8 Å². The Bertz CT molecular complexity index is 607. The number of aryl methyl sites for hydroxylation is 1. The lowest BCUT2D eigenvalue weighted by Gasteiger charge is -2.25. The van der Waals surface area contributed by atoms with Crippen molar-refractivity contribution in [1.29, 1.82) is 0 Å². The molecule has 0 aliphatic carbocycles. The molecule has 2 N–H and O–H groups in total. The minimum atomic E-state index is 0.418. The highest BCUT2D eigenvalue weighted by Gasteiger charge is 2.16. The van der Waals surface area contributed by atoms with Crippen molar-refractivity contribution in [3.63, 3.8) is 0 Å².